The maximum atomic E-state index is 13.3. The molecular weight excluding hydrogens is 414 g/mol. The highest BCUT2D eigenvalue weighted by Crippen LogP contribution is 2.26. The SMILES string of the molecule is CCN(c1ccc(OC)cc1)S(=O)(=O)N1CCC[C@@H](C(=O)NCc2ccc(C)cc2)C1. The number of carbonyl (C=O) groups excluding carboxylic acids is 1. The minimum absolute atomic E-state index is 0.104. The van der Waals surface area contributed by atoms with E-state index in [9.17, 15) is 13.2 Å². The molecule has 1 N–H and O–H groups in total. The molecule has 31 heavy (non-hydrogen) atoms. The van der Waals surface area contributed by atoms with Crippen molar-refractivity contribution in [3.05, 3.63) is 59.7 Å². The van der Waals surface area contributed by atoms with Crippen molar-refractivity contribution < 1.29 is 17.9 Å². The fourth-order valence-electron chi connectivity index (χ4n) is 3.77. The molecule has 7 nitrogen and oxygen atoms in total. The quantitative estimate of drug-likeness (QED) is 0.677. The second kappa shape index (κ2) is 10.2. The van der Waals surface area contributed by atoms with Gasteiger partial charge in [-0.25, -0.2) is 0 Å². The van der Waals surface area contributed by atoms with E-state index in [4.69, 9.17) is 4.74 Å². The Balaban J connectivity index is 1.66. The Morgan fingerprint density at radius 2 is 1.84 bits per heavy atom. The summed E-state index contributed by atoms with van der Waals surface area (Å²) >= 11 is 0. The highest BCUT2D eigenvalue weighted by molar-refractivity contribution is 7.90. The van der Waals surface area contributed by atoms with Crippen molar-refractivity contribution in [3.8, 4) is 5.75 Å². The first-order valence-electron chi connectivity index (χ1n) is 10.6. The Morgan fingerprint density at radius 1 is 1.16 bits per heavy atom. The van der Waals surface area contributed by atoms with Crippen LogP contribution < -0.4 is 14.4 Å². The molecule has 3 rings (SSSR count). The van der Waals surface area contributed by atoms with E-state index in [1.165, 1.54) is 14.2 Å². The van der Waals surface area contributed by atoms with Crippen molar-refractivity contribution in [2.24, 2.45) is 5.92 Å². The molecule has 0 radical (unpaired) electrons. The zero-order valence-electron chi connectivity index (χ0n) is 18.4. The van der Waals surface area contributed by atoms with Crippen LogP contribution >= 0.6 is 0 Å². The zero-order valence-corrected chi connectivity index (χ0v) is 19.2. The van der Waals surface area contributed by atoms with Crippen molar-refractivity contribution in [1.29, 1.82) is 0 Å². The molecule has 168 valence electrons. The zero-order chi connectivity index (χ0) is 22.4. The number of nitrogens with one attached hydrogen (secondary N) is 1. The Labute approximate surface area is 185 Å². The number of amides is 1. The van der Waals surface area contributed by atoms with Gasteiger partial charge in [0.15, 0.2) is 0 Å². The molecule has 0 bridgehead atoms. The Morgan fingerprint density at radius 3 is 2.45 bits per heavy atom. The van der Waals surface area contributed by atoms with Gasteiger partial charge in [-0.15, -0.1) is 0 Å². The maximum absolute atomic E-state index is 13.3. The number of anilines is 1. The minimum atomic E-state index is -3.74. The second-order valence-electron chi connectivity index (χ2n) is 7.77. The number of ether oxygens (including phenoxy) is 1. The fourth-order valence-corrected chi connectivity index (χ4v) is 5.49. The molecule has 1 aliphatic heterocycles. The molecule has 0 unspecified atom stereocenters. The summed E-state index contributed by atoms with van der Waals surface area (Å²) in [6, 6.07) is 14.9. The van der Waals surface area contributed by atoms with Crippen molar-refractivity contribution in [2.75, 3.05) is 31.0 Å². The molecule has 0 aromatic heterocycles. The molecule has 2 aromatic carbocycles. The van der Waals surface area contributed by atoms with E-state index in [2.05, 4.69) is 5.32 Å². The fraction of sp³-hybridized carbons (Fsp3) is 0.435. The number of rotatable bonds is 8. The van der Waals surface area contributed by atoms with Gasteiger partial charge in [0.25, 0.3) is 0 Å². The van der Waals surface area contributed by atoms with Crippen LogP contribution in [-0.2, 0) is 21.5 Å². The average Bonchev–Trinajstić information content (AvgIpc) is 2.79. The molecule has 0 aliphatic carbocycles. The minimum Gasteiger partial charge on any atom is -0.497 e. The molecular formula is C23H31N3O4S. The molecule has 1 aliphatic rings. The molecule has 8 heteroatoms. The molecule has 0 saturated carbocycles. The lowest BCUT2D eigenvalue weighted by atomic mass is 9.98. The summed E-state index contributed by atoms with van der Waals surface area (Å²) < 4.78 is 34.6. The summed E-state index contributed by atoms with van der Waals surface area (Å²) in [5, 5.41) is 2.96. The summed E-state index contributed by atoms with van der Waals surface area (Å²) in [5.41, 5.74) is 2.77. The predicted octanol–water partition coefficient (Wildman–Crippen LogP) is 3.10. The largest absolute Gasteiger partial charge is 0.497 e. The lowest BCUT2D eigenvalue weighted by molar-refractivity contribution is -0.126. The van der Waals surface area contributed by atoms with Crippen LogP contribution in [0.5, 0.6) is 5.75 Å². The van der Waals surface area contributed by atoms with Gasteiger partial charge >= 0.3 is 10.2 Å². The van der Waals surface area contributed by atoms with Crippen LogP contribution in [0.1, 0.15) is 30.9 Å². The van der Waals surface area contributed by atoms with E-state index in [0.29, 0.717) is 43.9 Å². The standard InChI is InChI=1S/C23H31N3O4S/c1-4-26(21-11-13-22(30-3)14-12-21)31(28,29)25-15-5-6-20(17-25)23(27)24-16-19-9-7-18(2)8-10-19/h7-14,20H,4-6,15-17H2,1-3H3,(H,24,27)/t20-/m1/s1. The number of hydrogen-bond acceptors (Lipinski definition) is 4. The average molecular weight is 446 g/mol. The van der Waals surface area contributed by atoms with Gasteiger partial charge in [0.2, 0.25) is 5.91 Å². The van der Waals surface area contributed by atoms with E-state index in [0.717, 1.165) is 5.56 Å². The number of hydrogen-bond donors (Lipinski definition) is 1. The summed E-state index contributed by atoms with van der Waals surface area (Å²) in [7, 11) is -2.17. The predicted molar refractivity (Wildman–Crippen MR) is 122 cm³/mol. The van der Waals surface area contributed by atoms with E-state index in [1.807, 2.05) is 31.2 Å². The van der Waals surface area contributed by atoms with E-state index >= 15 is 0 Å². The van der Waals surface area contributed by atoms with Crippen LogP contribution in [0.25, 0.3) is 0 Å². The van der Waals surface area contributed by atoms with Crippen LogP contribution in [0.4, 0.5) is 5.69 Å². The van der Waals surface area contributed by atoms with Gasteiger partial charge in [0.05, 0.1) is 18.7 Å². The third-order valence-electron chi connectivity index (χ3n) is 5.59. The molecule has 0 spiro atoms. The Bertz CT molecular complexity index is 975. The van der Waals surface area contributed by atoms with Crippen molar-refractivity contribution >= 4 is 21.8 Å². The Hall–Kier alpha value is -2.58. The first-order valence-corrected chi connectivity index (χ1v) is 12.0. The summed E-state index contributed by atoms with van der Waals surface area (Å²) in [5.74, 6) is 0.206. The second-order valence-corrected chi connectivity index (χ2v) is 9.62. The van der Waals surface area contributed by atoms with Crippen LogP contribution in [0.15, 0.2) is 48.5 Å². The van der Waals surface area contributed by atoms with Crippen molar-refractivity contribution in [3.63, 3.8) is 0 Å². The van der Waals surface area contributed by atoms with Crippen LogP contribution in [0.2, 0.25) is 0 Å². The summed E-state index contributed by atoms with van der Waals surface area (Å²) in [6.07, 6.45) is 1.34. The molecule has 1 heterocycles. The van der Waals surface area contributed by atoms with Crippen LogP contribution in [0.3, 0.4) is 0 Å². The number of benzene rings is 2. The number of nitrogens with zero attached hydrogens (tertiary/aromatic N) is 2. The van der Waals surface area contributed by atoms with Crippen molar-refractivity contribution in [1.82, 2.24) is 9.62 Å². The van der Waals surface area contributed by atoms with Gasteiger partial charge in [0.1, 0.15) is 5.75 Å². The molecule has 1 atom stereocenters. The topological polar surface area (TPSA) is 79.0 Å². The highest BCUT2D eigenvalue weighted by atomic mass is 32.2. The molecule has 2 aromatic rings. The van der Waals surface area contributed by atoms with Gasteiger partial charge in [-0.2, -0.15) is 12.7 Å². The maximum Gasteiger partial charge on any atom is 0.304 e. The summed E-state index contributed by atoms with van der Waals surface area (Å²) in [4.78, 5) is 12.7. The van der Waals surface area contributed by atoms with Gasteiger partial charge in [-0.3, -0.25) is 9.10 Å². The normalized spacial score (nSPS) is 17.2. The highest BCUT2D eigenvalue weighted by Gasteiger charge is 2.35. The van der Waals surface area contributed by atoms with Gasteiger partial charge in [0, 0.05) is 26.2 Å². The van der Waals surface area contributed by atoms with E-state index < -0.39 is 10.2 Å². The lowest BCUT2D eigenvalue weighted by Crippen LogP contribution is -2.50. The Kier molecular flexibility index (Phi) is 7.56. The third kappa shape index (κ3) is 5.57. The van der Waals surface area contributed by atoms with Crippen LogP contribution in [0, 0.1) is 12.8 Å². The number of methoxy groups -OCH3 is 1. The lowest BCUT2D eigenvalue weighted by Gasteiger charge is -2.35. The number of aryl methyl sites for hydroxylation is 1. The number of carbonyl (C=O) groups is 1. The monoisotopic (exact) mass is 445 g/mol. The third-order valence-corrected chi connectivity index (χ3v) is 7.60. The smallest absolute Gasteiger partial charge is 0.304 e. The van der Waals surface area contributed by atoms with Crippen LogP contribution in [-0.4, -0.2) is 45.4 Å². The van der Waals surface area contributed by atoms with Gasteiger partial charge in [-0.1, -0.05) is 29.8 Å². The molecule has 1 amide bonds. The van der Waals surface area contributed by atoms with Crippen molar-refractivity contribution in [2.45, 2.75) is 33.2 Å². The molecule has 1 fully saturated rings. The van der Waals surface area contributed by atoms with E-state index in [-0.39, 0.29) is 18.4 Å². The van der Waals surface area contributed by atoms with Gasteiger partial charge < -0.3 is 10.1 Å². The first kappa shape index (κ1) is 23.1. The summed E-state index contributed by atoms with van der Waals surface area (Å²) in [6.45, 7) is 5.17. The number of piperidine rings is 1. The van der Waals surface area contributed by atoms with Gasteiger partial charge in [-0.05, 0) is 56.5 Å². The molecule has 1 saturated heterocycles. The first-order chi connectivity index (χ1) is 14.8. The van der Waals surface area contributed by atoms with E-state index in [1.54, 1.807) is 38.3 Å².